The Labute approximate surface area is 112 Å². The van der Waals surface area contributed by atoms with E-state index in [2.05, 4.69) is 5.10 Å². The fraction of sp³-hybridized carbons (Fsp3) is 0.250. The van der Waals surface area contributed by atoms with Crippen molar-refractivity contribution in [3.05, 3.63) is 41.7 Å². The summed E-state index contributed by atoms with van der Waals surface area (Å²) in [5, 5.41) is 5.02. The zero-order valence-electron chi connectivity index (χ0n) is 9.34. The molecule has 0 saturated carbocycles. The number of aromatic nitrogens is 2. The van der Waals surface area contributed by atoms with Crippen LogP contribution in [0.25, 0.3) is 11.1 Å². The van der Waals surface area contributed by atoms with Crippen LogP contribution in [0.5, 0.6) is 0 Å². The van der Waals surface area contributed by atoms with Crippen LogP contribution in [0, 0.1) is 0 Å². The molecule has 0 amide bonds. The molecule has 2 N–H and O–H groups in total. The average Bonchev–Trinajstić information content (AvgIpc) is 2.75. The van der Waals surface area contributed by atoms with Crippen LogP contribution in [0.4, 0.5) is 0 Å². The largest absolute Gasteiger partial charge is 0.330 e. The lowest BCUT2D eigenvalue weighted by Gasteiger charge is -1.99. The van der Waals surface area contributed by atoms with Crippen LogP contribution >= 0.6 is 24.0 Å². The number of hydrogen-bond donors (Lipinski definition) is 1. The van der Waals surface area contributed by atoms with Crippen molar-refractivity contribution in [2.24, 2.45) is 5.73 Å². The van der Waals surface area contributed by atoms with E-state index in [1.807, 2.05) is 41.3 Å². The number of nitrogens with two attached hydrogens (primary N) is 1. The van der Waals surface area contributed by atoms with E-state index >= 15 is 0 Å². The molecule has 0 aliphatic rings. The van der Waals surface area contributed by atoms with E-state index in [9.17, 15) is 0 Å². The van der Waals surface area contributed by atoms with Gasteiger partial charge in [-0.2, -0.15) is 5.10 Å². The molecule has 1 aromatic heterocycles. The fourth-order valence-electron chi connectivity index (χ4n) is 1.56. The van der Waals surface area contributed by atoms with Crippen LogP contribution < -0.4 is 5.73 Å². The summed E-state index contributed by atoms with van der Waals surface area (Å²) >= 11 is 5.94. The maximum absolute atomic E-state index is 5.94. The Hall–Kier alpha value is -1.03. The van der Waals surface area contributed by atoms with Crippen molar-refractivity contribution in [2.75, 3.05) is 6.54 Å². The first-order valence-electron chi connectivity index (χ1n) is 5.28. The summed E-state index contributed by atoms with van der Waals surface area (Å²) in [6.07, 6.45) is 4.81. The van der Waals surface area contributed by atoms with Gasteiger partial charge < -0.3 is 5.73 Å². The van der Waals surface area contributed by atoms with E-state index in [-0.39, 0.29) is 12.4 Å². The quantitative estimate of drug-likeness (QED) is 0.929. The zero-order valence-corrected chi connectivity index (χ0v) is 10.9. The molecule has 0 fully saturated rings. The van der Waals surface area contributed by atoms with Crippen molar-refractivity contribution < 1.29 is 0 Å². The minimum atomic E-state index is 0. The van der Waals surface area contributed by atoms with Crippen molar-refractivity contribution in [3.8, 4) is 11.1 Å². The molecule has 5 heteroatoms. The maximum atomic E-state index is 5.94. The number of hydrogen-bond acceptors (Lipinski definition) is 2. The summed E-state index contributed by atoms with van der Waals surface area (Å²) in [6.45, 7) is 1.55. The first kappa shape index (κ1) is 14.0. The van der Waals surface area contributed by atoms with Gasteiger partial charge >= 0.3 is 0 Å². The second-order valence-electron chi connectivity index (χ2n) is 3.64. The van der Waals surface area contributed by atoms with Crippen molar-refractivity contribution in [3.63, 3.8) is 0 Å². The van der Waals surface area contributed by atoms with E-state index < -0.39 is 0 Å². The topological polar surface area (TPSA) is 43.8 Å². The first-order chi connectivity index (χ1) is 7.79. The maximum Gasteiger partial charge on any atom is 0.0568 e. The second kappa shape index (κ2) is 6.64. The summed E-state index contributed by atoms with van der Waals surface area (Å²) in [4.78, 5) is 0. The molecule has 1 heterocycles. The number of halogens is 2. The molecule has 0 aliphatic carbocycles. The fourth-order valence-corrected chi connectivity index (χ4v) is 1.75. The van der Waals surface area contributed by atoms with Crippen LogP contribution in [0.15, 0.2) is 36.7 Å². The van der Waals surface area contributed by atoms with Gasteiger partial charge in [-0.25, -0.2) is 0 Å². The van der Waals surface area contributed by atoms with E-state index in [0.29, 0.717) is 6.54 Å². The highest BCUT2D eigenvalue weighted by atomic mass is 35.5. The highest BCUT2D eigenvalue weighted by molar-refractivity contribution is 6.30. The summed E-state index contributed by atoms with van der Waals surface area (Å²) in [5.41, 5.74) is 7.63. The average molecular weight is 272 g/mol. The van der Waals surface area contributed by atoms with E-state index in [1.54, 1.807) is 0 Å². The Kier molecular flexibility index (Phi) is 5.48. The zero-order chi connectivity index (χ0) is 11.4. The predicted octanol–water partition coefficient (Wildman–Crippen LogP) is 2.97. The van der Waals surface area contributed by atoms with Gasteiger partial charge in [-0.15, -0.1) is 12.4 Å². The van der Waals surface area contributed by atoms with Crippen molar-refractivity contribution >= 4 is 24.0 Å². The van der Waals surface area contributed by atoms with Crippen molar-refractivity contribution in [1.82, 2.24) is 9.78 Å². The Balaban J connectivity index is 0.00000144. The summed E-state index contributed by atoms with van der Waals surface area (Å²) in [6, 6.07) is 7.76. The highest BCUT2D eigenvalue weighted by Crippen LogP contribution is 2.21. The first-order valence-corrected chi connectivity index (χ1v) is 5.66. The molecule has 0 unspecified atom stereocenters. The van der Waals surface area contributed by atoms with Gasteiger partial charge in [0.1, 0.15) is 0 Å². The molecule has 92 valence electrons. The highest BCUT2D eigenvalue weighted by Gasteiger charge is 2.01. The van der Waals surface area contributed by atoms with Crippen LogP contribution in [-0.2, 0) is 6.54 Å². The van der Waals surface area contributed by atoms with Crippen LogP contribution in [0.2, 0.25) is 5.02 Å². The third-order valence-electron chi connectivity index (χ3n) is 2.38. The third-order valence-corrected chi connectivity index (χ3v) is 2.62. The van der Waals surface area contributed by atoms with Crippen molar-refractivity contribution in [2.45, 2.75) is 13.0 Å². The van der Waals surface area contributed by atoms with E-state index in [0.717, 1.165) is 29.1 Å². The van der Waals surface area contributed by atoms with Gasteiger partial charge in [0.25, 0.3) is 0 Å². The third kappa shape index (κ3) is 3.73. The molecule has 3 nitrogen and oxygen atoms in total. The molecule has 0 bridgehead atoms. The molecule has 1 aromatic carbocycles. The molecular formula is C12H15Cl2N3. The lowest BCUT2D eigenvalue weighted by Crippen LogP contribution is -2.05. The predicted molar refractivity (Wildman–Crippen MR) is 73.6 cm³/mol. The van der Waals surface area contributed by atoms with Gasteiger partial charge in [0.15, 0.2) is 0 Å². The molecule has 0 spiro atoms. The van der Waals surface area contributed by atoms with Gasteiger partial charge in [0.2, 0.25) is 0 Å². The number of rotatable bonds is 4. The van der Waals surface area contributed by atoms with Crippen LogP contribution in [0.3, 0.4) is 0 Å². The van der Waals surface area contributed by atoms with E-state index in [4.69, 9.17) is 17.3 Å². The minimum absolute atomic E-state index is 0. The Bertz CT molecular complexity index is 468. The van der Waals surface area contributed by atoms with Crippen molar-refractivity contribution in [1.29, 1.82) is 0 Å². The standard InChI is InChI=1S/C12H14ClN3.ClH/c13-12-4-1-3-10(7-12)11-8-15-16(9-11)6-2-5-14;/h1,3-4,7-9H,2,5-6,14H2;1H. The van der Waals surface area contributed by atoms with Gasteiger partial charge in [-0.3, -0.25) is 4.68 Å². The second-order valence-corrected chi connectivity index (χ2v) is 4.08. The molecular weight excluding hydrogens is 257 g/mol. The van der Waals surface area contributed by atoms with Crippen LogP contribution in [0.1, 0.15) is 6.42 Å². The van der Waals surface area contributed by atoms with E-state index in [1.165, 1.54) is 0 Å². The lowest BCUT2D eigenvalue weighted by molar-refractivity contribution is 0.585. The van der Waals surface area contributed by atoms with Gasteiger partial charge in [-0.05, 0) is 30.7 Å². The summed E-state index contributed by atoms with van der Waals surface area (Å²) in [5.74, 6) is 0. The van der Waals surface area contributed by atoms with Gasteiger partial charge in [-0.1, -0.05) is 23.7 Å². The summed E-state index contributed by atoms with van der Waals surface area (Å²) in [7, 11) is 0. The SMILES string of the molecule is Cl.NCCCn1cc(-c2cccc(Cl)c2)cn1. The lowest BCUT2D eigenvalue weighted by atomic mass is 10.1. The molecule has 0 aliphatic heterocycles. The Morgan fingerprint density at radius 3 is 2.82 bits per heavy atom. The smallest absolute Gasteiger partial charge is 0.0568 e. The molecule has 0 atom stereocenters. The molecule has 2 rings (SSSR count). The normalized spacial score (nSPS) is 10.0. The minimum Gasteiger partial charge on any atom is -0.330 e. The van der Waals surface area contributed by atoms with Crippen LogP contribution in [-0.4, -0.2) is 16.3 Å². The number of aryl methyl sites for hydroxylation is 1. The number of benzene rings is 1. The number of nitrogens with zero attached hydrogens (tertiary/aromatic N) is 2. The molecule has 0 radical (unpaired) electrons. The monoisotopic (exact) mass is 271 g/mol. The summed E-state index contributed by atoms with van der Waals surface area (Å²) < 4.78 is 1.91. The molecule has 0 saturated heterocycles. The molecule has 17 heavy (non-hydrogen) atoms. The Morgan fingerprint density at radius 1 is 1.29 bits per heavy atom. The molecule has 2 aromatic rings. The van der Waals surface area contributed by atoms with Gasteiger partial charge in [0, 0.05) is 23.3 Å². The van der Waals surface area contributed by atoms with Gasteiger partial charge in [0.05, 0.1) is 6.20 Å². The Morgan fingerprint density at radius 2 is 2.12 bits per heavy atom.